The maximum Gasteiger partial charge on any atom is 2.00 e. The first-order valence-corrected chi connectivity index (χ1v) is 44.1. The van der Waals surface area contributed by atoms with Gasteiger partial charge in [-0.2, -0.15) is 12.8 Å². The summed E-state index contributed by atoms with van der Waals surface area (Å²) in [4.78, 5) is 0. The molecular weight excluding hydrogens is 1220 g/mol. The number of rotatable bonds is 70. The second kappa shape index (κ2) is 76.6. The van der Waals surface area contributed by atoms with Gasteiger partial charge in [-0.05, 0) is 80.8 Å². The van der Waals surface area contributed by atoms with Crippen molar-refractivity contribution in [3.8, 4) is 0 Å². The van der Waals surface area contributed by atoms with E-state index in [2.05, 4.69) is 104 Å². The molecule has 0 saturated carbocycles. The predicted molar refractivity (Wildman–Crippen MR) is 436 cm³/mol. The Kier molecular flexibility index (Phi) is 75.1. The third-order valence-electron chi connectivity index (χ3n) is 21.3. The van der Waals surface area contributed by atoms with Gasteiger partial charge in [-0.1, -0.05) is 457 Å². The zero-order chi connectivity index (χ0) is 69.4. The van der Waals surface area contributed by atoms with Gasteiger partial charge in [0.2, 0.25) is 11.4 Å². The Morgan fingerprint density at radius 1 is 0.258 bits per heavy atom. The van der Waals surface area contributed by atoms with Crippen LogP contribution in [0.1, 0.15) is 500 Å². The third kappa shape index (κ3) is 58.1. The number of unbranched alkanes of at least 4 members (excludes halogenated alkanes) is 62. The third-order valence-corrected chi connectivity index (χ3v) is 21.3. The molecule has 3 rings (SSSR count). The molecule has 0 atom stereocenters. The zero-order valence-electron chi connectivity index (χ0n) is 66.7. The molecule has 0 aliphatic carbocycles. The molecule has 0 radical (unpaired) electrons. The molecule has 0 spiro atoms. The van der Waals surface area contributed by atoms with Gasteiger partial charge in [-0.3, -0.25) is 0 Å². The van der Waals surface area contributed by atoms with Crippen molar-refractivity contribution in [1.29, 1.82) is 0 Å². The molecular formula is C94H170N2Ni. The average Bonchev–Trinajstić information content (AvgIpc) is 1.62. The number of allylic oxidation sites excluding steroid dienone is 2. The summed E-state index contributed by atoms with van der Waals surface area (Å²) in [5.74, 6) is 0. The van der Waals surface area contributed by atoms with Crippen LogP contribution >= 0.6 is 0 Å². The molecule has 2 nitrogen and oxygen atoms in total. The second-order valence-electron chi connectivity index (χ2n) is 30.7. The van der Waals surface area contributed by atoms with E-state index >= 15 is 0 Å². The molecule has 97 heavy (non-hydrogen) atoms. The molecule has 0 amide bonds. The molecule has 2 aromatic carbocycles. The molecule has 0 saturated heterocycles. The van der Waals surface area contributed by atoms with E-state index in [1.165, 1.54) is 440 Å². The van der Waals surface area contributed by atoms with Gasteiger partial charge in [-0.25, -0.2) is 4.70 Å². The standard InChI is InChI=1S/C52H84N2.2C21H43.Ni/c1-5-8-11-14-15-16-17-18-19-20-21-22-23-24-25-26-27-28-29-30-33-42-50-45(4)51(48-40-34-38-46(43-48)36-31-12-9-6-2)54(53)52(50)49-41-35-39-47(44-49)37-32-13-10-7-3;2*1-3-5-7-9-11-13-15-17-19-21-20-18-16-14-12-10-8-6-4-2;/h34-35,38-41,43-44H,5-33,36-37,42H2,1-4H3;2*1,3-21H2,2H3;/q;2*-1;+2. The largest absolute Gasteiger partial charge is 2.00 e. The second-order valence-corrected chi connectivity index (χ2v) is 30.7. The average molecular weight is 1390 g/mol. The van der Waals surface area contributed by atoms with Gasteiger partial charge < -0.3 is 19.4 Å². The van der Waals surface area contributed by atoms with Gasteiger partial charge in [0.1, 0.15) is 0 Å². The van der Waals surface area contributed by atoms with E-state index in [4.69, 9.17) is 0 Å². The molecule has 566 valence electrons. The Hall–Kier alpha value is -1.99. The molecule has 2 aromatic rings. The van der Waals surface area contributed by atoms with Crippen LogP contribution in [0.4, 0.5) is 0 Å². The molecule has 0 bridgehead atoms. The minimum atomic E-state index is 0. The normalized spacial score (nSPS) is 12.2. The molecule has 1 aliphatic rings. The Balaban J connectivity index is 0.00000176. The molecule has 0 fully saturated rings. The Bertz CT molecular complexity index is 1920. The fourth-order valence-corrected chi connectivity index (χ4v) is 14.8. The number of nitrogens with zero attached hydrogens (tertiary/aromatic N) is 2. The number of hydrogen-bond donors (Lipinski definition) is 0. The van der Waals surface area contributed by atoms with Gasteiger partial charge >= 0.3 is 16.5 Å². The van der Waals surface area contributed by atoms with Crippen molar-refractivity contribution in [2.45, 2.75) is 491 Å². The van der Waals surface area contributed by atoms with E-state index in [1.54, 1.807) is 4.70 Å². The van der Waals surface area contributed by atoms with Crippen molar-refractivity contribution in [2.24, 2.45) is 0 Å². The number of hydrogen-bond acceptors (Lipinski definition) is 0. The van der Waals surface area contributed by atoms with Crippen LogP contribution in [-0.4, -0.2) is 4.70 Å². The Morgan fingerprint density at radius 3 is 0.691 bits per heavy atom. The fraction of sp³-hybridized carbons (Fsp3) is 0.809. The van der Waals surface area contributed by atoms with Crippen LogP contribution in [0.2, 0.25) is 0 Å². The summed E-state index contributed by atoms with van der Waals surface area (Å²) < 4.78 is 1.55. The van der Waals surface area contributed by atoms with Crippen LogP contribution in [0.25, 0.3) is 16.9 Å². The Labute approximate surface area is 621 Å². The number of aryl methyl sites for hydroxylation is 2. The van der Waals surface area contributed by atoms with Crippen LogP contribution in [0.15, 0.2) is 59.7 Å². The first kappa shape index (κ1) is 95.0. The van der Waals surface area contributed by atoms with Crippen LogP contribution in [0.5, 0.6) is 0 Å². The van der Waals surface area contributed by atoms with Crippen molar-refractivity contribution < 1.29 is 21.2 Å². The summed E-state index contributed by atoms with van der Waals surface area (Å²) in [7, 11) is 0. The van der Waals surface area contributed by atoms with Crippen LogP contribution < -0.4 is 0 Å². The van der Waals surface area contributed by atoms with Crippen LogP contribution in [0.3, 0.4) is 0 Å². The molecule has 1 heterocycles. The van der Waals surface area contributed by atoms with E-state index in [1.807, 2.05) is 0 Å². The minimum absolute atomic E-state index is 0. The SMILES string of the molecule is CCCCCCCCCCCCCCCCCCCCCCCC1=C(c2cccc(CCCCCC)c2)[N+](=[N-])C(c2cccc(CCCCCC)c2)=C1C.[CH2-]CCCCCCCCCCCCCCCCCCCC.[CH2-]CCCCCCCCCCCCCCCCCCCC.[Ni+2]. The van der Waals surface area contributed by atoms with Crippen molar-refractivity contribution in [1.82, 2.24) is 0 Å². The molecule has 1 aliphatic heterocycles. The maximum atomic E-state index is 12.0. The first-order valence-electron chi connectivity index (χ1n) is 44.1. The summed E-state index contributed by atoms with van der Waals surface area (Å²) in [5.41, 5.74) is 21.6. The van der Waals surface area contributed by atoms with E-state index in [-0.39, 0.29) is 16.5 Å². The zero-order valence-corrected chi connectivity index (χ0v) is 67.7. The molecule has 0 N–H and O–H groups in total. The smallest absolute Gasteiger partial charge is 0.493 e. The van der Waals surface area contributed by atoms with Crippen molar-refractivity contribution in [3.63, 3.8) is 0 Å². The van der Waals surface area contributed by atoms with Crippen molar-refractivity contribution >= 4 is 11.4 Å². The van der Waals surface area contributed by atoms with Gasteiger partial charge in [0.15, 0.2) is 0 Å². The van der Waals surface area contributed by atoms with Gasteiger partial charge in [-0.15, -0.1) is 0 Å². The summed E-state index contributed by atoms with van der Waals surface area (Å²) in [6.07, 6.45) is 97.7. The van der Waals surface area contributed by atoms with Gasteiger partial charge in [0.25, 0.3) is 0 Å². The molecule has 3 heteroatoms. The summed E-state index contributed by atoms with van der Waals surface area (Å²) in [6.45, 7) is 21.5. The van der Waals surface area contributed by atoms with Crippen LogP contribution in [-0.2, 0) is 29.3 Å². The van der Waals surface area contributed by atoms with E-state index < -0.39 is 0 Å². The maximum absolute atomic E-state index is 12.0. The van der Waals surface area contributed by atoms with E-state index in [9.17, 15) is 5.53 Å². The monoisotopic (exact) mass is 1390 g/mol. The fourth-order valence-electron chi connectivity index (χ4n) is 14.8. The first-order chi connectivity index (χ1) is 47.4. The topological polar surface area (TPSA) is 25.3 Å². The van der Waals surface area contributed by atoms with E-state index in [0.29, 0.717) is 0 Å². The predicted octanol–water partition coefficient (Wildman–Crippen LogP) is 34.2. The Morgan fingerprint density at radius 2 is 0.454 bits per heavy atom. The summed E-state index contributed by atoms with van der Waals surface area (Å²) in [5, 5.41) is 0. The van der Waals surface area contributed by atoms with Gasteiger partial charge in [0, 0.05) is 22.3 Å². The molecule has 0 unspecified atom stereocenters. The van der Waals surface area contributed by atoms with Crippen molar-refractivity contribution in [2.75, 3.05) is 0 Å². The van der Waals surface area contributed by atoms with E-state index in [0.717, 1.165) is 54.6 Å². The van der Waals surface area contributed by atoms with Crippen molar-refractivity contribution in [3.05, 3.63) is 101 Å². The van der Waals surface area contributed by atoms with Gasteiger partial charge in [0.05, 0.1) is 0 Å². The minimum Gasteiger partial charge on any atom is -0.493 e. The quantitative estimate of drug-likeness (QED) is 0.0273. The molecule has 0 aromatic heterocycles. The summed E-state index contributed by atoms with van der Waals surface area (Å²) in [6, 6.07) is 18.0. The number of benzene rings is 2. The summed E-state index contributed by atoms with van der Waals surface area (Å²) >= 11 is 0. The van der Waals surface area contributed by atoms with Crippen LogP contribution in [0, 0.1) is 13.8 Å².